The molecule has 14 heavy (non-hydrogen) atoms. The fourth-order valence-corrected chi connectivity index (χ4v) is 2.25. The van der Waals surface area contributed by atoms with Crippen LogP contribution >= 0.6 is 0 Å². The van der Waals surface area contributed by atoms with E-state index < -0.39 is 0 Å². The summed E-state index contributed by atoms with van der Waals surface area (Å²) >= 11 is 0. The number of rotatable bonds is 1. The van der Waals surface area contributed by atoms with E-state index in [1.165, 1.54) is 29.5 Å². The van der Waals surface area contributed by atoms with Crippen LogP contribution in [0.3, 0.4) is 0 Å². The maximum Gasteiger partial charge on any atom is 0.119 e. The van der Waals surface area contributed by atoms with E-state index in [1.807, 2.05) is 0 Å². The molecule has 1 unspecified atom stereocenters. The minimum Gasteiger partial charge on any atom is -0.497 e. The van der Waals surface area contributed by atoms with Gasteiger partial charge in [0.05, 0.1) is 7.11 Å². The molecule has 0 heterocycles. The number of methoxy groups -OCH3 is 1. The molecule has 0 aromatic heterocycles. The molecule has 0 aliphatic heterocycles. The van der Waals surface area contributed by atoms with E-state index in [1.54, 1.807) is 7.11 Å². The Balaban J connectivity index is 2.51. The van der Waals surface area contributed by atoms with Crippen LogP contribution in [0.1, 0.15) is 35.6 Å². The van der Waals surface area contributed by atoms with Gasteiger partial charge in [-0.3, -0.25) is 0 Å². The third kappa shape index (κ3) is 1.50. The molecule has 0 saturated carbocycles. The Hall–Kier alpha value is -1.02. The van der Waals surface area contributed by atoms with Gasteiger partial charge in [-0.2, -0.15) is 0 Å². The Morgan fingerprint density at radius 2 is 2.21 bits per heavy atom. The van der Waals surface area contributed by atoms with Crippen molar-refractivity contribution >= 4 is 0 Å². The van der Waals surface area contributed by atoms with E-state index in [9.17, 15) is 0 Å². The maximum atomic E-state index is 6.08. The Labute approximate surface area is 85.1 Å². The van der Waals surface area contributed by atoms with Gasteiger partial charge in [0.25, 0.3) is 0 Å². The second-order valence-electron chi connectivity index (χ2n) is 4.01. The highest BCUT2D eigenvalue weighted by Crippen LogP contribution is 2.33. The molecule has 2 heteroatoms. The van der Waals surface area contributed by atoms with Gasteiger partial charge in [-0.1, -0.05) is 0 Å². The lowest BCUT2D eigenvalue weighted by Gasteiger charge is -2.24. The number of nitrogens with two attached hydrogens (primary N) is 1. The third-order valence-electron chi connectivity index (χ3n) is 3.06. The molecular weight excluding hydrogens is 174 g/mol. The molecule has 2 N–H and O–H groups in total. The predicted molar refractivity (Wildman–Crippen MR) is 57.6 cm³/mol. The Kier molecular flexibility index (Phi) is 2.46. The SMILES string of the molecule is COc1cc(C)c2c(c1)C(N)CCC2. The summed E-state index contributed by atoms with van der Waals surface area (Å²) in [5.41, 5.74) is 10.1. The van der Waals surface area contributed by atoms with E-state index in [0.717, 1.165) is 12.2 Å². The summed E-state index contributed by atoms with van der Waals surface area (Å²) in [5, 5.41) is 0. The van der Waals surface area contributed by atoms with Crippen LogP contribution in [0.15, 0.2) is 12.1 Å². The summed E-state index contributed by atoms with van der Waals surface area (Å²) in [6.07, 6.45) is 3.47. The van der Waals surface area contributed by atoms with Gasteiger partial charge in [0.2, 0.25) is 0 Å². The molecule has 0 radical (unpaired) electrons. The van der Waals surface area contributed by atoms with Gasteiger partial charge < -0.3 is 10.5 Å². The minimum atomic E-state index is 0.201. The number of fused-ring (bicyclic) bond motifs is 1. The van der Waals surface area contributed by atoms with E-state index in [2.05, 4.69) is 19.1 Å². The highest BCUT2D eigenvalue weighted by Gasteiger charge is 2.19. The first-order chi connectivity index (χ1) is 6.72. The zero-order valence-corrected chi connectivity index (χ0v) is 8.84. The molecule has 1 aromatic rings. The summed E-state index contributed by atoms with van der Waals surface area (Å²) in [6, 6.07) is 4.38. The van der Waals surface area contributed by atoms with Crippen molar-refractivity contribution in [3.8, 4) is 5.75 Å². The average molecular weight is 191 g/mol. The zero-order chi connectivity index (χ0) is 10.1. The van der Waals surface area contributed by atoms with Crippen LogP contribution in [0.2, 0.25) is 0 Å². The summed E-state index contributed by atoms with van der Waals surface area (Å²) in [6.45, 7) is 2.14. The van der Waals surface area contributed by atoms with Crippen LogP contribution in [-0.4, -0.2) is 7.11 Å². The summed E-state index contributed by atoms with van der Waals surface area (Å²) < 4.78 is 5.25. The van der Waals surface area contributed by atoms with Crippen molar-refractivity contribution in [3.63, 3.8) is 0 Å². The molecule has 76 valence electrons. The number of aryl methyl sites for hydroxylation is 1. The maximum absolute atomic E-state index is 6.08. The van der Waals surface area contributed by atoms with Gasteiger partial charge in [-0.05, 0) is 55.0 Å². The molecule has 0 bridgehead atoms. The van der Waals surface area contributed by atoms with Gasteiger partial charge in [0.1, 0.15) is 5.75 Å². The molecule has 1 aliphatic rings. The largest absolute Gasteiger partial charge is 0.497 e. The Bertz CT molecular complexity index is 346. The summed E-state index contributed by atoms with van der Waals surface area (Å²) in [7, 11) is 1.70. The standard InChI is InChI=1S/C12H17NO/c1-8-6-9(14-2)7-11-10(8)4-3-5-12(11)13/h6-7,12H,3-5,13H2,1-2H3. The minimum absolute atomic E-state index is 0.201. The molecule has 0 spiro atoms. The second-order valence-corrected chi connectivity index (χ2v) is 4.01. The third-order valence-corrected chi connectivity index (χ3v) is 3.06. The fourth-order valence-electron chi connectivity index (χ4n) is 2.25. The van der Waals surface area contributed by atoms with E-state index in [-0.39, 0.29) is 6.04 Å². The highest BCUT2D eigenvalue weighted by atomic mass is 16.5. The van der Waals surface area contributed by atoms with Gasteiger partial charge in [0.15, 0.2) is 0 Å². The van der Waals surface area contributed by atoms with E-state index in [4.69, 9.17) is 10.5 Å². The lowest BCUT2D eigenvalue weighted by atomic mass is 9.85. The first-order valence-electron chi connectivity index (χ1n) is 5.15. The highest BCUT2D eigenvalue weighted by molar-refractivity contribution is 5.44. The lowest BCUT2D eigenvalue weighted by molar-refractivity contribution is 0.412. The van der Waals surface area contributed by atoms with Crippen LogP contribution in [0.5, 0.6) is 5.75 Å². The number of ether oxygens (including phenoxy) is 1. The van der Waals surface area contributed by atoms with Crippen molar-refractivity contribution in [2.24, 2.45) is 5.73 Å². The number of hydrogen-bond acceptors (Lipinski definition) is 2. The van der Waals surface area contributed by atoms with Crippen molar-refractivity contribution < 1.29 is 4.74 Å². The molecule has 1 atom stereocenters. The molecule has 0 fully saturated rings. The van der Waals surface area contributed by atoms with Gasteiger partial charge in [-0.25, -0.2) is 0 Å². The molecule has 1 aromatic carbocycles. The number of benzene rings is 1. The quantitative estimate of drug-likeness (QED) is 0.739. The number of hydrogen-bond donors (Lipinski definition) is 1. The Morgan fingerprint density at radius 1 is 1.43 bits per heavy atom. The Morgan fingerprint density at radius 3 is 2.93 bits per heavy atom. The van der Waals surface area contributed by atoms with Crippen LogP contribution in [0.4, 0.5) is 0 Å². The molecule has 1 aliphatic carbocycles. The van der Waals surface area contributed by atoms with Crippen molar-refractivity contribution in [1.29, 1.82) is 0 Å². The van der Waals surface area contributed by atoms with Gasteiger partial charge in [0, 0.05) is 6.04 Å². The van der Waals surface area contributed by atoms with Crippen molar-refractivity contribution in [3.05, 3.63) is 28.8 Å². The lowest BCUT2D eigenvalue weighted by Crippen LogP contribution is -2.18. The first-order valence-corrected chi connectivity index (χ1v) is 5.15. The summed E-state index contributed by atoms with van der Waals surface area (Å²) in [5.74, 6) is 0.929. The van der Waals surface area contributed by atoms with Crippen LogP contribution in [0, 0.1) is 6.92 Å². The normalized spacial score (nSPS) is 20.4. The van der Waals surface area contributed by atoms with Crippen molar-refractivity contribution in [2.45, 2.75) is 32.2 Å². The average Bonchev–Trinajstić information content (AvgIpc) is 2.19. The van der Waals surface area contributed by atoms with Gasteiger partial charge in [-0.15, -0.1) is 0 Å². The van der Waals surface area contributed by atoms with Crippen molar-refractivity contribution in [2.75, 3.05) is 7.11 Å². The summed E-state index contributed by atoms with van der Waals surface area (Å²) in [4.78, 5) is 0. The van der Waals surface area contributed by atoms with Crippen molar-refractivity contribution in [1.82, 2.24) is 0 Å². The molecule has 0 amide bonds. The van der Waals surface area contributed by atoms with Crippen LogP contribution in [0.25, 0.3) is 0 Å². The zero-order valence-electron chi connectivity index (χ0n) is 8.84. The molecular formula is C12H17NO. The monoisotopic (exact) mass is 191 g/mol. The molecule has 2 nitrogen and oxygen atoms in total. The fraction of sp³-hybridized carbons (Fsp3) is 0.500. The van der Waals surface area contributed by atoms with E-state index >= 15 is 0 Å². The van der Waals surface area contributed by atoms with Crippen LogP contribution in [-0.2, 0) is 6.42 Å². The van der Waals surface area contributed by atoms with Gasteiger partial charge >= 0.3 is 0 Å². The second kappa shape index (κ2) is 3.62. The predicted octanol–water partition coefficient (Wildman–Crippen LogP) is 2.34. The van der Waals surface area contributed by atoms with E-state index in [0.29, 0.717) is 0 Å². The topological polar surface area (TPSA) is 35.2 Å². The smallest absolute Gasteiger partial charge is 0.119 e. The molecule has 0 saturated heterocycles. The molecule has 2 rings (SSSR count). The van der Waals surface area contributed by atoms with Crippen LogP contribution < -0.4 is 10.5 Å². The first kappa shape index (κ1) is 9.53.